The maximum Gasteiger partial charge on any atom is 0.322 e. The molecule has 1 saturated heterocycles. The molecule has 0 amide bonds. The molecule has 30 heavy (non-hydrogen) atoms. The number of hydrogen-bond donors (Lipinski definition) is 4. The van der Waals surface area contributed by atoms with E-state index >= 15 is 0 Å². The Kier molecular flexibility index (Phi) is 7.89. The minimum absolute atomic E-state index is 0.337. The average molecular weight is 440 g/mol. The molecule has 10 nitrogen and oxygen atoms in total. The minimum atomic E-state index is -1.11. The van der Waals surface area contributed by atoms with Gasteiger partial charge in [-0.2, -0.15) is 11.8 Å². The van der Waals surface area contributed by atoms with E-state index in [2.05, 4.69) is 9.97 Å². The Morgan fingerprint density at radius 3 is 2.97 bits per heavy atom. The Morgan fingerprint density at radius 1 is 1.40 bits per heavy atom. The fraction of sp³-hybridized carbons (Fsp3) is 0.632. The molecule has 5 atom stereocenters. The van der Waals surface area contributed by atoms with Crippen LogP contribution in [0, 0.1) is 0 Å². The quantitative estimate of drug-likeness (QED) is 0.302. The molecule has 1 aliphatic heterocycles. The fourth-order valence-electron chi connectivity index (χ4n) is 3.24. The van der Waals surface area contributed by atoms with Gasteiger partial charge in [0.25, 0.3) is 0 Å². The lowest BCUT2D eigenvalue weighted by Gasteiger charge is -2.17. The smallest absolute Gasteiger partial charge is 0.322 e. The highest BCUT2D eigenvalue weighted by Gasteiger charge is 2.43. The van der Waals surface area contributed by atoms with Crippen LogP contribution in [-0.2, 0) is 14.3 Å². The zero-order valence-electron chi connectivity index (χ0n) is 16.9. The number of carbonyl (C=O) groups excluding carboxylic acids is 1. The normalized spacial score (nSPS) is 24.9. The molecule has 3 heterocycles. The van der Waals surface area contributed by atoms with Crippen LogP contribution < -0.4 is 11.5 Å². The van der Waals surface area contributed by atoms with Crippen LogP contribution in [0.15, 0.2) is 18.6 Å². The van der Waals surface area contributed by atoms with Crippen LogP contribution in [0.3, 0.4) is 0 Å². The van der Waals surface area contributed by atoms with Crippen molar-refractivity contribution in [2.75, 3.05) is 23.8 Å². The van der Waals surface area contributed by atoms with Gasteiger partial charge in [-0.25, -0.2) is 9.97 Å². The van der Waals surface area contributed by atoms with Gasteiger partial charge in [-0.3, -0.25) is 4.79 Å². The predicted octanol–water partition coefficient (Wildman–Crippen LogP) is 0.427. The molecule has 2 unspecified atom stereocenters. The van der Waals surface area contributed by atoms with E-state index < -0.39 is 36.6 Å². The van der Waals surface area contributed by atoms with Crippen molar-refractivity contribution in [3.05, 3.63) is 18.6 Å². The van der Waals surface area contributed by atoms with E-state index in [4.69, 9.17) is 20.9 Å². The van der Waals surface area contributed by atoms with Gasteiger partial charge in [0.1, 0.15) is 36.0 Å². The lowest BCUT2D eigenvalue weighted by atomic mass is 10.1. The number of carbonyl (C=O) groups is 1. The Morgan fingerprint density at radius 2 is 2.20 bits per heavy atom. The second kappa shape index (κ2) is 10.4. The highest BCUT2D eigenvalue weighted by Crippen LogP contribution is 2.34. The van der Waals surface area contributed by atoms with Gasteiger partial charge in [0.05, 0.1) is 18.1 Å². The predicted molar refractivity (Wildman–Crippen MR) is 114 cm³/mol. The molecule has 2 aromatic rings. The van der Waals surface area contributed by atoms with Crippen molar-refractivity contribution in [1.82, 2.24) is 14.5 Å². The van der Waals surface area contributed by atoms with Crippen molar-refractivity contribution in [2.45, 2.75) is 56.8 Å². The summed E-state index contributed by atoms with van der Waals surface area (Å²) >= 11 is 1.50. The monoisotopic (exact) mass is 439 g/mol. The first kappa shape index (κ1) is 22.8. The van der Waals surface area contributed by atoms with E-state index in [9.17, 15) is 15.0 Å². The zero-order chi connectivity index (χ0) is 21.7. The fourth-order valence-corrected chi connectivity index (χ4v) is 4.34. The van der Waals surface area contributed by atoms with Crippen LogP contribution in [0.4, 0.5) is 5.82 Å². The Labute approximate surface area is 178 Å². The number of thioether (sulfide) groups is 1. The summed E-state index contributed by atoms with van der Waals surface area (Å²) in [6.07, 6.45) is 1.77. The largest absolute Gasteiger partial charge is 0.465 e. The van der Waals surface area contributed by atoms with Crippen molar-refractivity contribution >= 4 is 34.6 Å². The number of aliphatic hydroxyl groups is 2. The van der Waals surface area contributed by atoms with Crippen molar-refractivity contribution in [3.63, 3.8) is 0 Å². The number of aromatic nitrogens is 3. The standard InChI is InChI=1S/C19H29N5O5S/c1-2-3-7-28-19(27)12(20)5-8-30-9-13-14(25)15(26)18(29-13)24-6-4-11-16(21)22-10-23-17(11)24/h4,6,10,12-15,18,25-26H,2-3,5,7-9,20H2,1H3,(H2,21,22,23)/t12?,13-,14-,15-,18?/m1/s1. The summed E-state index contributed by atoms with van der Waals surface area (Å²) in [4.78, 5) is 19.9. The third kappa shape index (κ3) is 5.03. The summed E-state index contributed by atoms with van der Waals surface area (Å²) in [6.45, 7) is 2.41. The molecule has 166 valence electrons. The van der Waals surface area contributed by atoms with E-state index in [0.717, 1.165) is 12.8 Å². The van der Waals surface area contributed by atoms with Crippen molar-refractivity contribution in [1.29, 1.82) is 0 Å². The second-order valence-electron chi connectivity index (χ2n) is 7.26. The summed E-state index contributed by atoms with van der Waals surface area (Å²) in [6, 6.07) is 1.08. The van der Waals surface area contributed by atoms with Crippen molar-refractivity contribution in [3.8, 4) is 0 Å². The third-order valence-electron chi connectivity index (χ3n) is 5.05. The Balaban J connectivity index is 1.50. The number of nitrogens with zero attached hydrogens (tertiary/aromatic N) is 3. The van der Waals surface area contributed by atoms with Gasteiger partial charge in [0.2, 0.25) is 0 Å². The molecular weight excluding hydrogens is 410 g/mol. The van der Waals surface area contributed by atoms with E-state index in [1.54, 1.807) is 16.8 Å². The minimum Gasteiger partial charge on any atom is -0.465 e. The van der Waals surface area contributed by atoms with Crippen LogP contribution in [-0.4, -0.2) is 73.2 Å². The van der Waals surface area contributed by atoms with E-state index in [-0.39, 0.29) is 0 Å². The van der Waals surface area contributed by atoms with Gasteiger partial charge >= 0.3 is 5.97 Å². The number of anilines is 1. The average Bonchev–Trinajstić information content (AvgIpc) is 3.28. The number of fused-ring (bicyclic) bond motifs is 1. The topological polar surface area (TPSA) is 159 Å². The molecule has 6 N–H and O–H groups in total. The molecule has 11 heteroatoms. The number of ether oxygens (including phenoxy) is 2. The lowest BCUT2D eigenvalue weighted by Crippen LogP contribution is -2.34. The Bertz CT molecular complexity index is 850. The maximum atomic E-state index is 11.8. The molecule has 3 rings (SSSR count). The summed E-state index contributed by atoms with van der Waals surface area (Å²) in [5.74, 6) is 0.997. The van der Waals surface area contributed by atoms with Gasteiger partial charge in [-0.1, -0.05) is 13.3 Å². The molecule has 0 spiro atoms. The molecule has 0 radical (unpaired) electrons. The number of hydrogen-bond acceptors (Lipinski definition) is 10. The molecule has 0 bridgehead atoms. The molecule has 1 fully saturated rings. The first-order valence-corrected chi connectivity index (χ1v) is 11.2. The van der Waals surface area contributed by atoms with Crippen LogP contribution in [0.25, 0.3) is 11.0 Å². The van der Waals surface area contributed by atoms with Crippen LogP contribution in [0.5, 0.6) is 0 Å². The second-order valence-corrected chi connectivity index (χ2v) is 8.41. The van der Waals surface area contributed by atoms with E-state index in [1.165, 1.54) is 18.1 Å². The van der Waals surface area contributed by atoms with E-state index in [1.807, 2.05) is 6.92 Å². The number of esters is 1. The number of aliphatic hydroxyl groups excluding tert-OH is 2. The van der Waals surface area contributed by atoms with Gasteiger partial charge < -0.3 is 35.7 Å². The molecular formula is C19H29N5O5S. The van der Waals surface area contributed by atoms with Crippen molar-refractivity contribution in [2.24, 2.45) is 5.73 Å². The number of rotatable bonds is 10. The highest BCUT2D eigenvalue weighted by atomic mass is 32.2. The summed E-state index contributed by atoms with van der Waals surface area (Å²) < 4.78 is 12.7. The Hall–Kier alpha value is -1.92. The molecule has 1 aliphatic rings. The van der Waals surface area contributed by atoms with Gasteiger partial charge in [-0.15, -0.1) is 0 Å². The van der Waals surface area contributed by atoms with E-state index in [0.29, 0.717) is 41.4 Å². The zero-order valence-corrected chi connectivity index (χ0v) is 17.7. The SMILES string of the molecule is CCCCOC(=O)C(N)CCSC[C@H]1OC(n2ccc3c(N)ncnc32)[C@H](O)[C@@H]1O. The molecule has 2 aromatic heterocycles. The van der Waals surface area contributed by atoms with Crippen molar-refractivity contribution < 1.29 is 24.5 Å². The van der Waals surface area contributed by atoms with Crippen LogP contribution in [0.1, 0.15) is 32.4 Å². The summed E-state index contributed by atoms with van der Waals surface area (Å²) in [7, 11) is 0. The molecule has 0 aliphatic carbocycles. The number of nitrogen functional groups attached to an aromatic ring is 1. The lowest BCUT2D eigenvalue weighted by molar-refractivity contribution is -0.145. The van der Waals surface area contributed by atoms with Gasteiger partial charge in [0.15, 0.2) is 6.23 Å². The van der Waals surface area contributed by atoms with Crippen LogP contribution in [0.2, 0.25) is 0 Å². The summed E-state index contributed by atoms with van der Waals surface area (Å²) in [5.41, 5.74) is 12.2. The first-order valence-electron chi connectivity index (χ1n) is 10.0. The maximum absolute atomic E-state index is 11.8. The molecule has 0 saturated carbocycles. The van der Waals surface area contributed by atoms with Gasteiger partial charge in [0, 0.05) is 11.9 Å². The first-order chi connectivity index (χ1) is 14.4. The highest BCUT2D eigenvalue weighted by molar-refractivity contribution is 7.99. The number of unbranched alkanes of at least 4 members (excludes halogenated alkanes) is 1. The third-order valence-corrected chi connectivity index (χ3v) is 6.14. The molecule has 0 aromatic carbocycles. The van der Waals surface area contributed by atoms with Gasteiger partial charge in [-0.05, 0) is 24.7 Å². The van der Waals surface area contributed by atoms with Crippen LogP contribution >= 0.6 is 11.8 Å². The summed E-state index contributed by atoms with van der Waals surface area (Å²) in [5, 5.41) is 21.6. The number of nitrogens with two attached hydrogens (primary N) is 2.